The zero-order chi connectivity index (χ0) is 97.7. The van der Waals surface area contributed by atoms with Crippen LogP contribution in [0.2, 0.25) is 0 Å². The van der Waals surface area contributed by atoms with Crippen LogP contribution in [-0.4, -0.2) is 49.0 Å². The Morgan fingerprint density at radius 2 is 0.530 bits per heavy atom. The van der Waals surface area contributed by atoms with Gasteiger partial charge in [-0.15, -0.1) is 287 Å². The van der Waals surface area contributed by atoms with Crippen molar-refractivity contribution < 1.29 is 81.4 Å². The SMILES string of the molecule is Cc1cc(-c2[c-]cccc2)ncc1-c1ccccc1.Cc1cc(-c2[c-]cccc2)ncc1-c1ccccc1.[Ir].[Ir].[Ir].[Pt+2].[c-]1ccccc1-c1cc2c3cc4c5ccccc5n(-c5ccccc5)c4cc3n(-c3ccccc3)c2cn1.[c-]1ccccc1-c1ccc2c(n1)N1c3nc(-c4[c-]cccc4)ccc3Cc3cccc(c31)C2.[c-]1ccccc1-c1ccccn1.[c-]1ccccc1-c1ccccn1.[c-]1ccccc1-c1ccccn1. The standard InChI is InChI=1S/C35H22N3.C30H19N3.2C18H14N.3C11H8N.3Ir.Pt/c1-4-12-24(13-5-1)31-21-30-29-20-28-27-18-10-11-19-32(27)37(25-14-6-2-7-15-25)33(28)22-34(29)38(35(30)23-36-31)26-16-8-3-9-17-26;1-3-8-20(9-4-1)26-16-14-24-18-22-12-7-13-23-19-25-15-17-27(21-10-5-2-6-11-21)32-30(25)33(28(22)23)29(24)31-26;2*1-14-12-18(16-10-6-3-7-11-16)19-13-17(14)15-8-4-2-5-9-15;3*1-2-6-10(7-3-1)11-8-4-5-9-12-11;;;;/h1-12,14-23H;1-8,10,12-17H,18-19H2;2*2-10,12-13H,1H3;3*1-6,8-9H;;;;/q-1;-2;5*-1;;;;+2. The average molecular weight is 2630 g/mol. The minimum absolute atomic E-state index is 0. The summed E-state index contributed by atoms with van der Waals surface area (Å²) in [5, 5.41) is 4.89. The van der Waals surface area contributed by atoms with Crippen molar-refractivity contribution in [1.82, 2.24) is 49.0 Å². The summed E-state index contributed by atoms with van der Waals surface area (Å²) in [6.45, 7) is 4.24. The Labute approximate surface area is 924 Å². The number of hydrogen-bond donors (Lipinski definition) is 0. The van der Waals surface area contributed by atoms with E-state index in [0.29, 0.717) is 0 Å². The summed E-state index contributed by atoms with van der Waals surface area (Å²) in [5.74, 6) is 1.93. The molecule has 0 unspecified atom stereocenters. The first-order chi connectivity index (χ1) is 71.8. The molecule has 0 fully saturated rings. The normalized spacial score (nSPS) is 10.9. The van der Waals surface area contributed by atoms with Crippen LogP contribution in [0.25, 0.3) is 167 Å². The van der Waals surface area contributed by atoms with Crippen molar-refractivity contribution in [1.29, 1.82) is 0 Å². The molecule has 15 heteroatoms. The number of para-hydroxylation sites is 4. The molecule has 0 aliphatic carbocycles. The van der Waals surface area contributed by atoms with Crippen LogP contribution in [0.3, 0.4) is 0 Å². The van der Waals surface area contributed by atoms with Crippen LogP contribution in [0.5, 0.6) is 0 Å². The summed E-state index contributed by atoms with van der Waals surface area (Å²) >= 11 is 0. The summed E-state index contributed by atoms with van der Waals surface area (Å²) in [6, 6.07) is 184. The van der Waals surface area contributed by atoms with Crippen LogP contribution < -0.4 is 4.90 Å². The smallest absolute Gasteiger partial charge is 0.309 e. The van der Waals surface area contributed by atoms with Gasteiger partial charge < -0.3 is 39.0 Å². The van der Waals surface area contributed by atoms with Gasteiger partial charge >= 0.3 is 21.1 Å². The van der Waals surface area contributed by atoms with Gasteiger partial charge in [-0.3, -0.25) is 14.9 Å². The van der Waals surface area contributed by atoms with Crippen molar-refractivity contribution in [2.24, 2.45) is 0 Å². The molecule has 0 spiro atoms. The van der Waals surface area contributed by atoms with E-state index in [0.717, 1.165) is 137 Å². The Hall–Kier alpha value is -16.5. The third kappa shape index (κ3) is 24.3. The van der Waals surface area contributed by atoms with Gasteiger partial charge in [0.05, 0.1) is 27.8 Å². The van der Waals surface area contributed by atoms with Gasteiger partial charge in [-0.05, 0) is 165 Å². The van der Waals surface area contributed by atoms with Crippen LogP contribution in [0.15, 0.2) is 504 Å². The van der Waals surface area contributed by atoms with E-state index in [1.165, 1.54) is 93.9 Å². The molecule has 10 aromatic heterocycles. The molecule has 0 saturated carbocycles. The first kappa shape index (κ1) is 104. The number of benzene rings is 15. The number of aromatic nitrogens is 10. The fourth-order valence-electron chi connectivity index (χ4n) is 18.3. The fourth-order valence-corrected chi connectivity index (χ4v) is 18.3. The predicted octanol–water partition coefficient (Wildman–Crippen LogP) is 32.1. The summed E-state index contributed by atoms with van der Waals surface area (Å²) in [4.78, 5) is 39.2. The molecule has 0 N–H and O–H groups in total. The maximum absolute atomic E-state index is 5.16. The number of aryl methyl sites for hydroxylation is 2. The molecule has 25 aromatic rings. The van der Waals surface area contributed by atoms with E-state index in [1.54, 1.807) is 18.6 Å². The van der Waals surface area contributed by atoms with Crippen LogP contribution in [0.1, 0.15) is 33.4 Å². The maximum atomic E-state index is 5.16. The zero-order valence-corrected chi connectivity index (χ0v) is 90.5. The average Bonchev–Trinajstić information content (AvgIpc) is 1.60. The first-order valence-electron chi connectivity index (χ1n) is 48.2. The van der Waals surface area contributed by atoms with Gasteiger partial charge in [-0.25, -0.2) is 0 Å². The van der Waals surface area contributed by atoms with E-state index in [2.05, 4.69) is 302 Å². The van der Waals surface area contributed by atoms with E-state index >= 15 is 0 Å². The summed E-state index contributed by atoms with van der Waals surface area (Å²) in [5.41, 5.74) is 36.3. The monoisotopic (exact) mass is 2630 g/mol. The number of nitrogens with zero attached hydrogens (tertiary/aromatic N) is 11. The third-order valence-electron chi connectivity index (χ3n) is 25.3. The van der Waals surface area contributed by atoms with Gasteiger partial charge in [0.2, 0.25) is 0 Å². The predicted molar refractivity (Wildman–Crippen MR) is 591 cm³/mol. The number of hydrogen-bond acceptors (Lipinski definition) is 9. The summed E-state index contributed by atoms with van der Waals surface area (Å²) < 4.78 is 4.71. The van der Waals surface area contributed by atoms with Crippen LogP contribution in [-0.2, 0) is 94.2 Å². The minimum atomic E-state index is 0. The number of anilines is 3. The number of rotatable bonds is 12. The Morgan fingerprint density at radius 3 is 0.886 bits per heavy atom. The first-order valence-corrected chi connectivity index (χ1v) is 48.2. The molecule has 2 aliphatic heterocycles. The molecule has 11 nitrogen and oxygen atoms in total. The second-order valence-corrected chi connectivity index (χ2v) is 34.7. The topological polar surface area (TPSA) is 116 Å². The summed E-state index contributed by atoms with van der Waals surface area (Å²) in [6.07, 6.45) is 13.0. The van der Waals surface area contributed by atoms with Crippen LogP contribution in [0.4, 0.5) is 17.3 Å². The molecule has 3 radical (unpaired) electrons. The van der Waals surface area contributed by atoms with Crippen LogP contribution in [0, 0.1) is 62.4 Å². The zero-order valence-electron chi connectivity index (χ0n) is 81.1. The molecule has 727 valence electrons. The Kier molecular flexibility index (Phi) is 35.3. The van der Waals surface area contributed by atoms with E-state index in [1.807, 2.05) is 286 Å². The molecule has 0 amide bonds. The number of pyridine rings is 8. The van der Waals surface area contributed by atoms with Gasteiger partial charge in [0.1, 0.15) is 11.6 Å². The van der Waals surface area contributed by atoms with Crippen molar-refractivity contribution in [3.63, 3.8) is 0 Å². The Bertz CT molecular complexity index is 8110. The molecule has 0 bridgehead atoms. The van der Waals surface area contributed by atoms with E-state index in [-0.39, 0.29) is 81.4 Å². The summed E-state index contributed by atoms with van der Waals surface area (Å²) in [7, 11) is 0. The molecule has 0 atom stereocenters. The van der Waals surface area contributed by atoms with Crippen molar-refractivity contribution >= 4 is 60.9 Å². The molecule has 149 heavy (non-hydrogen) atoms. The fraction of sp³-hybridized carbons (Fsp3) is 0.0299. The van der Waals surface area contributed by atoms with Crippen molar-refractivity contribution in [2.75, 3.05) is 4.90 Å². The molecule has 27 rings (SSSR count). The van der Waals surface area contributed by atoms with Gasteiger partial charge in [-0.2, -0.15) is 0 Å². The largest absolute Gasteiger partial charge is 2.00 e. The quantitative estimate of drug-likeness (QED) is 0.110. The Balaban J connectivity index is 0.000000124. The van der Waals surface area contributed by atoms with Crippen molar-refractivity contribution in [3.8, 4) is 124 Å². The van der Waals surface area contributed by atoms with Gasteiger partial charge in [0.15, 0.2) is 0 Å². The van der Waals surface area contributed by atoms with Crippen molar-refractivity contribution in [3.05, 3.63) is 586 Å². The number of fused-ring (bicyclic) bond motifs is 10. The van der Waals surface area contributed by atoms with Gasteiger partial charge in [0.25, 0.3) is 0 Å². The molecule has 0 saturated heterocycles. The van der Waals surface area contributed by atoms with E-state index < -0.39 is 0 Å². The maximum Gasteiger partial charge on any atom is 2.00 e. The molecule has 12 heterocycles. The van der Waals surface area contributed by atoms with Gasteiger partial charge in [0, 0.05) is 154 Å². The van der Waals surface area contributed by atoms with Crippen molar-refractivity contribution in [2.45, 2.75) is 26.7 Å². The third-order valence-corrected chi connectivity index (χ3v) is 25.3. The molecular weight excluding hydrogens is 2540 g/mol. The second kappa shape index (κ2) is 50.6. The van der Waals surface area contributed by atoms with E-state index in [4.69, 9.17) is 15.0 Å². The Morgan fingerprint density at radius 1 is 0.221 bits per heavy atom. The van der Waals surface area contributed by atoms with Crippen LogP contribution >= 0.6 is 0 Å². The molecule has 15 aromatic carbocycles. The van der Waals surface area contributed by atoms with E-state index in [9.17, 15) is 0 Å². The minimum Gasteiger partial charge on any atom is -0.309 e. The second-order valence-electron chi connectivity index (χ2n) is 34.7. The molecular formula is C134H93Ir3N11Pt-6. The molecule has 2 aliphatic rings. The van der Waals surface area contributed by atoms with Gasteiger partial charge in [-0.1, -0.05) is 212 Å².